The van der Waals surface area contributed by atoms with Crippen LogP contribution in [0.2, 0.25) is 0 Å². The predicted octanol–water partition coefficient (Wildman–Crippen LogP) is 2.48. The van der Waals surface area contributed by atoms with Crippen molar-refractivity contribution in [1.82, 2.24) is 5.32 Å². The summed E-state index contributed by atoms with van der Waals surface area (Å²) in [4.78, 5) is 12.3. The first kappa shape index (κ1) is 15.1. The van der Waals surface area contributed by atoms with Gasteiger partial charge in [0.25, 0.3) is 0 Å². The van der Waals surface area contributed by atoms with E-state index in [0.29, 0.717) is 11.8 Å². The lowest BCUT2D eigenvalue weighted by Crippen LogP contribution is -2.46. The first-order chi connectivity index (χ1) is 8.75. The van der Waals surface area contributed by atoms with Crippen LogP contribution >= 0.6 is 12.4 Å². The fourth-order valence-electron chi connectivity index (χ4n) is 4.48. The molecule has 3 aliphatic rings. The van der Waals surface area contributed by atoms with Gasteiger partial charge in [-0.2, -0.15) is 0 Å². The van der Waals surface area contributed by atoms with Crippen molar-refractivity contribution in [2.75, 3.05) is 6.54 Å². The Morgan fingerprint density at radius 3 is 2.37 bits per heavy atom. The smallest absolute Gasteiger partial charge is 0.224 e. The maximum Gasteiger partial charge on any atom is 0.224 e. The summed E-state index contributed by atoms with van der Waals surface area (Å²) < 4.78 is 0. The van der Waals surface area contributed by atoms with Gasteiger partial charge in [-0.15, -0.1) is 12.4 Å². The van der Waals surface area contributed by atoms with Gasteiger partial charge in [-0.25, -0.2) is 0 Å². The van der Waals surface area contributed by atoms with Crippen molar-refractivity contribution in [3.63, 3.8) is 0 Å². The zero-order valence-corrected chi connectivity index (χ0v) is 12.5. The summed E-state index contributed by atoms with van der Waals surface area (Å²) in [5, 5.41) is 3.19. The van der Waals surface area contributed by atoms with Gasteiger partial charge in [0.2, 0.25) is 5.91 Å². The molecule has 0 aromatic rings. The van der Waals surface area contributed by atoms with E-state index in [1.54, 1.807) is 0 Å². The quantitative estimate of drug-likeness (QED) is 0.837. The summed E-state index contributed by atoms with van der Waals surface area (Å²) >= 11 is 0. The first-order valence-corrected chi connectivity index (χ1v) is 7.79. The van der Waals surface area contributed by atoms with Crippen LogP contribution in [0.5, 0.6) is 0 Å². The number of carbonyl (C=O) groups excluding carboxylic acids is 1. The third-order valence-electron chi connectivity index (χ3n) is 5.57. The Hall–Kier alpha value is -0.280. The van der Waals surface area contributed by atoms with E-state index in [1.165, 1.54) is 51.4 Å². The highest BCUT2D eigenvalue weighted by Crippen LogP contribution is 2.47. The first-order valence-electron chi connectivity index (χ1n) is 7.79. The third-order valence-corrected chi connectivity index (χ3v) is 5.57. The number of nitrogens with two attached hydrogens (primary N) is 1. The van der Waals surface area contributed by atoms with Gasteiger partial charge < -0.3 is 11.1 Å². The van der Waals surface area contributed by atoms with E-state index < -0.39 is 0 Å². The molecule has 3 fully saturated rings. The second-order valence-electron chi connectivity index (χ2n) is 6.69. The lowest BCUT2D eigenvalue weighted by molar-refractivity contribution is -0.127. The molecule has 0 spiro atoms. The van der Waals surface area contributed by atoms with E-state index in [2.05, 4.69) is 5.32 Å². The molecule has 19 heavy (non-hydrogen) atoms. The number of halogens is 1. The molecule has 4 unspecified atom stereocenters. The van der Waals surface area contributed by atoms with E-state index in [-0.39, 0.29) is 30.3 Å². The summed E-state index contributed by atoms with van der Waals surface area (Å²) in [6, 6.07) is 0.134. The number of carbonyl (C=O) groups is 1. The maximum atomic E-state index is 12.3. The van der Waals surface area contributed by atoms with Gasteiger partial charge in [-0.1, -0.05) is 19.3 Å². The summed E-state index contributed by atoms with van der Waals surface area (Å²) in [5.74, 6) is 2.29. The van der Waals surface area contributed by atoms with Gasteiger partial charge in [0.05, 0.1) is 5.92 Å². The number of hydrogen-bond donors (Lipinski definition) is 2. The van der Waals surface area contributed by atoms with Crippen LogP contribution in [0.3, 0.4) is 0 Å². The number of amides is 1. The van der Waals surface area contributed by atoms with Crippen LogP contribution in [0.25, 0.3) is 0 Å². The standard InChI is InChI=1S/C15H26N2O.ClH/c16-14-12-7-6-11(8-12)13(14)15(18)17-9-10-4-2-1-3-5-10;/h10-14H,1-9,16H2,(H,17,18);1H. The van der Waals surface area contributed by atoms with Crippen molar-refractivity contribution in [3.05, 3.63) is 0 Å². The lowest BCUT2D eigenvalue weighted by atomic mass is 9.84. The summed E-state index contributed by atoms with van der Waals surface area (Å²) in [6.45, 7) is 0.888. The molecule has 3 N–H and O–H groups in total. The predicted molar refractivity (Wildman–Crippen MR) is 79.1 cm³/mol. The maximum absolute atomic E-state index is 12.3. The van der Waals surface area contributed by atoms with E-state index in [0.717, 1.165) is 12.5 Å². The van der Waals surface area contributed by atoms with E-state index in [9.17, 15) is 4.79 Å². The number of fused-ring (bicyclic) bond motifs is 2. The second kappa shape index (κ2) is 6.45. The van der Waals surface area contributed by atoms with Crippen LogP contribution in [-0.2, 0) is 4.79 Å². The van der Waals surface area contributed by atoms with E-state index in [4.69, 9.17) is 5.73 Å². The Kier molecular flexibility index (Phi) is 5.13. The third kappa shape index (κ3) is 3.08. The molecule has 3 nitrogen and oxygen atoms in total. The van der Waals surface area contributed by atoms with Gasteiger partial charge >= 0.3 is 0 Å². The molecule has 0 saturated heterocycles. The lowest BCUT2D eigenvalue weighted by Gasteiger charge is -2.28. The van der Waals surface area contributed by atoms with Crippen LogP contribution in [0.1, 0.15) is 51.4 Å². The van der Waals surface area contributed by atoms with Crippen molar-refractivity contribution in [2.24, 2.45) is 29.4 Å². The zero-order chi connectivity index (χ0) is 12.5. The van der Waals surface area contributed by atoms with Crippen molar-refractivity contribution >= 4 is 18.3 Å². The Balaban J connectivity index is 0.00000133. The van der Waals surface area contributed by atoms with Gasteiger partial charge in [0.1, 0.15) is 0 Å². The molecule has 0 aromatic carbocycles. The van der Waals surface area contributed by atoms with Gasteiger partial charge in [-0.05, 0) is 49.9 Å². The molecule has 3 rings (SSSR count). The fraction of sp³-hybridized carbons (Fsp3) is 0.933. The topological polar surface area (TPSA) is 55.1 Å². The minimum atomic E-state index is 0. The molecule has 0 aliphatic heterocycles. The fourth-order valence-corrected chi connectivity index (χ4v) is 4.48. The minimum Gasteiger partial charge on any atom is -0.356 e. The molecule has 4 heteroatoms. The largest absolute Gasteiger partial charge is 0.356 e. The molecule has 0 heterocycles. The summed E-state index contributed by atoms with van der Waals surface area (Å²) in [5.41, 5.74) is 6.21. The monoisotopic (exact) mass is 286 g/mol. The molecule has 0 aromatic heterocycles. The number of hydrogen-bond acceptors (Lipinski definition) is 2. The highest BCUT2D eigenvalue weighted by molar-refractivity contribution is 5.85. The Labute approximate surface area is 122 Å². The van der Waals surface area contributed by atoms with Gasteiger partial charge in [0, 0.05) is 12.6 Å². The van der Waals surface area contributed by atoms with Gasteiger partial charge in [-0.3, -0.25) is 4.79 Å². The normalized spacial score (nSPS) is 37.9. The minimum absolute atomic E-state index is 0. The number of nitrogens with one attached hydrogen (secondary N) is 1. The van der Waals surface area contributed by atoms with Gasteiger partial charge in [0.15, 0.2) is 0 Å². The van der Waals surface area contributed by atoms with Crippen LogP contribution in [0.4, 0.5) is 0 Å². The van der Waals surface area contributed by atoms with Crippen molar-refractivity contribution in [3.8, 4) is 0 Å². The average Bonchev–Trinajstić information content (AvgIpc) is 2.98. The molecule has 1 amide bonds. The molecule has 3 saturated carbocycles. The van der Waals surface area contributed by atoms with Crippen LogP contribution in [0, 0.1) is 23.7 Å². The highest BCUT2D eigenvalue weighted by Gasteiger charge is 2.48. The van der Waals surface area contributed by atoms with E-state index >= 15 is 0 Å². The molecule has 3 aliphatic carbocycles. The Bertz CT molecular complexity index is 315. The van der Waals surface area contributed by atoms with Crippen molar-refractivity contribution in [2.45, 2.75) is 57.4 Å². The van der Waals surface area contributed by atoms with Crippen LogP contribution in [0.15, 0.2) is 0 Å². The molecule has 110 valence electrons. The van der Waals surface area contributed by atoms with Crippen molar-refractivity contribution in [1.29, 1.82) is 0 Å². The number of rotatable bonds is 3. The Morgan fingerprint density at radius 1 is 1.05 bits per heavy atom. The SMILES string of the molecule is Cl.NC1C2CCC(C2)C1C(=O)NCC1CCCCC1. The molecular formula is C15H27ClN2O. The van der Waals surface area contributed by atoms with Crippen LogP contribution < -0.4 is 11.1 Å². The highest BCUT2D eigenvalue weighted by atomic mass is 35.5. The van der Waals surface area contributed by atoms with Crippen molar-refractivity contribution < 1.29 is 4.79 Å². The summed E-state index contributed by atoms with van der Waals surface area (Å²) in [7, 11) is 0. The van der Waals surface area contributed by atoms with Crippen LogP contribution in [-0.4, -0.2) is 18.5 Å². The Morgan fingerprint density at radius 2 is 1.74 bits per heavy atom. The average molecular weight is 287 g/mol. The second-order valence-corrected chi connectivity index (χ2v) is 6.69. The molecule has 0 radical (unpaired) electrons. The molecule has 2 bridgehead atoms. The zero-order valence-electron chi connectivity index (χ0n) is 11.6. The summed E-state index contributed by atoms with van der Waals surface area (Å²) in [6.07, 6.45) is 10.3. The molecular weight excluding hydrogens is 260 g/mol. The van der Waals surface area contributed by atoms with E-state index in [1.807, 2.05) is 0 Å². The molecule has 4 atom stereocenters.